The molecular weight excluding hydrogens is 375 g/mol. The van der Waals surface area contributed by atoms with Crippen LogP contribution in [0.5, 0.6) is 0 Å². The summed E-state index contributed by atoms with van der Waals surface area (Å²) in [5.74, 6) is -1.52. The molecule has 3 rings (SSSR count). The van der Waals surface area contributed by atoms with Crippen molar-refractivity contribution in [3.05, 3.63) is 39.8 Å². The molecular formula is C19H24F3N3O3. The number of likely N-dealkylation sites (N-methyl/N-ethyl adjacent to an activating group) is 1. The molecule has 2 N–H and O–H groups in total. The minimum Gasteiger partial charge on any atom is -0.396 e. The van der Waals surface area contributed by atoms with Crippen molar-refractivity contribution in [1.29, 1.82) is 0 Å². The van der Waals surface area contributed by atoms with E-state index in [1.54, 1.807) is 27.7 Å². The van der Waals surface area contributed by atoms with Gasteiger partial charge in [-0.05, 0) is 25.6 Å². The van der Waals surface area contributed by atoms with E-state index < -0.39 is 30.6 Å². The summed E-state index contributed by atoms with van der Waals surface area (Å²) in [6.07, 6.45) is -1.01. The van der Waals surface area contributed by atoms with Gasteiger partial charge in [0.2, 0.25) is 5.91 Å². The average molecular weight is 399 g/mol. The number of allylic oxidation sites excluding steroid dienone is 1. The van der Waals surface area contributed by atoms with E-state index in [9.17, 15) is 27.9 Å². The summed E-state index contributed by atoms with van der Waals surface area (Å²) >= 11 is 0. The number of likely N-dealkylation sites (tertiary alicyclic amines) is 1. The van der Waals surface area contributed by atoms with Gasteiger partial charge in [-0.15, -0.1) is 0 Å². The zero-order chi connectivity index (χ0) is 20.6. The molecule has 0 aliphatic carbocycles. The van der Waals surface area contributed by atoms with Gasteiger partial charge in [0.25, 0.3) is 5.56 Å². The first-order chi connectivity index (χ1) is 13.2. The molecule has 0 saturated carbocycles. The van der Waals surface area contributed by atoms with Gasteiger partial charge < -0.3 is 15.0 Å². The molecule has 1 saturated heterocycles. The Morgan fingerprint density at radius 2 is 2.11 bits per heavy atom. The fourth-order valence-electron chi connectivity index (χ4n) is 4.60. The Kier molecular flexibility index (Phi) is 5.67. The van der Waals surface area contributed by atoms with E-state index in [4.69, 9.17) is 0 Å². The molecule has 0 bridgehead atoms. The summed E-state index contributed by atoms with van der Waals surface area (Å²) < 4.78 is 39.2. The fourth-order valence-corrected chi connectivity index (χ4v) is 4.60. The van der Waals surface area contributed by atoms with E-state index in [1.807, 2.05) is 25.2 Å². The van der Waals surface area contributed by atoms with E-state index in [0.29, 0.717) is 18.7 Å². The Morgan fingerprint density at radius 3 is 2.68 bits per heavy atom. The van der Waals surface area contributed by atoms with Gasteiger partial charge in [-0.1, -0.05) is 19.1 Å². The molecule has 0 spiro atoms. The van der Waals surface area contributed by atoms with Crippen LogP contribution in [-0.4, -0.2) is 52.4 Å². The highest BCUT2D eigenvalue weighted by molar-refractivity contribution is 5.82. The number of nitrogens with zero attached hydrogens (tertiary/aromatic N) is 2. The van der Waals surface area contributed by atoms with Gasteiger partial charge in [-0.2, -0.15) is 13.2 Å². The molecule has 28 heavy (non-hydrogen) atoms. The quantitative estimate of drug-likeness (QED) is 0.788. The van der Waals surface area contributed by atoms with E-state index in [0.717, 1.165) is 5.69 Å². The maximum Gasteiger partial charge on any atom is 0.405 e. The summed E-state index contributed by atoms with van der Waals surface area (Å²) in [6, 6.07) is 2.38. The van der Waals surface area contributed by atoms with Crippen LogP contribution in [0.3, 0.4) is 0 Å². The molecule has 154 valence electrons. The first kappa shape index (κ1) is 20.6. The highest BCUT2D eigenvalue weighted by Crippen LogP contribution is 2.48. The largest absolute Gasteiger partial charge is 0.405 e. The zero-order valence-electron chi connectivity index (χ0n) is 15.7. The molecule has 0 radical (unpaired) electrons. The van der Waals surface area contributed by atoms with Gasteiger partial charge in [-0.25, -0.2) is 0 Å². The molecule has 0 unspecified atom stereocenters. The lowest BCUT2D eigenvalue weighted by molar-refractivity contribution is -0.142. The number of hydrogen-bond acceptors (Lipinski definition) is 4. The van der Waals surface area contributed by atoms with E-state index in [1.165, 1.54) is 0 Å². The third-order valence-corrected chi connectivity index (χ3v) is 5.66. The molecule has 4 atom stereocenters. The number of fused-ring (bicyclic) bond motifs is 3. The molecule has 0 aromatic carbocycles. The standard InChI is InChI=1S/C19H24F3N3O3/c1-3-5-11-6-7-14-15-12(8-25(14)18(11)28)13(9-26)16(24(15)4-2)17(27)23-10-19(20,21)22/h3,5-7,12-13,15-16,26H,4,8-10H2,1-2H3,(H,23,27)/b5-3+/t12-,13-,15+,16-/m1/s1. The summed E-state index contributed by atoms with van der Waals surface area (Å²) in [5, 5.41) is 11.9. The highest BCUT2D eigenvalue weighted by atomic mass is 19.4. The van der Waals surface area contributed by atoms with Gasteiger partial charge in [0.15, 0.2) is 0 Å². The third-order valence-electron chi connectivity index (χ3n) is 5.66. The molecule has 1 amide bonds. The molecule has 9 heteroatoms. The Labute approximate surface area is 160 Å². The number of aliphatic hydroxyl groups excluding tert-OH is 1. The van der Waals surface area contributed by atoms with Gasteiger partial charge in [0.05, 0.1) is 12.1 Å². The van der Waals surface area contributed by atoms with Crippen molar-refractivity contribution in [2.45, 2.75) is 38.7 Å². The van der Waals surface area contributed by atoms with Crippen molar-refractivity contribution in [1.82, 2.24) is 14.8 Å². The van der Waals surface area contributed by atoms with E-state index >= 15 is 0 Å². The van der Waals surface area contributed by atoms with Crippen LogP contribution in [-0.2, 0) is 11.3 Å². The summed E-state index contributed by atoms with van der Waals surface area (Å²) in [7, 11) is 0. The number of amides is 1. The number of aliphatic hydroxyl groups is 1. The number of alkyl halides is 3. The molecule has 1 aromatic heterocycles. The monoisotopic (exact) mass is 399 g/mol. The number of nitrogens with one attached hydrogen (secondary N) is 1. The number of halogens is 3. The average Bonchev–Trinajstić information content (AvgIpc) is 3.16. The Hall–Kier alpha value is -2.13. The summed E-state index contributed by atoms with van der Waals surface area (Å²) in [5.41, 5.74) is 1.14. The number of carbonyl (C=O) groups excluding carboxylic acids is 1. The van der Waals surface area contributed by atoms with Crippen molar-refractivity contribution in [3.63, 3.8) is 0 Å². The van der Waals surface area contributed by atoms with E-state index in [2.05, 4.69) is 0 Å². The number of aromatic nitrogens is 1. The Bertz CT molecular complexity index is 834. The first-order valence-corrected chi connectivity index (χ1v) is 9.31. The van der Waals surface area contributed by atoms with Crippen molar-refractivity contribution < 1.29 is 23.1 Å². The maximum absolute atomic E-state index is 12.7. The Balaban J connectivity index is 1.95. The lowest BCUT2D eigenvalue weighted by Crippen LogP contribution is -2.50. The van der Waals surface area contributed by atoms with Gasteiger partial charge in [0, 0.05) is 36.2 Å². The smallest absolute Gasteiger partial charge is 0.396 e. The molecule has 2 aliphatic heterocycles. The number of carbonyl (C=O) groups is 1. The number of rotatable bonds is 5. The normalized spacial score (nSPS) is 27.2. The molecule has 3 heterocycles. The third kappa shape index (κ3) is 3.48. The van der Waals surface area contributed by atoms with Crippen LogP contribution in [0, 0.1) is 11.8 Å². The van der Waals surface area contributed by atoms with Crippen molar-refractivity contribution in [2.24, 2.45) is 11.8 Å². The summed E-state index contributed by atoms with van der Waals surface area (Å²) in [6.45, 7) is 2.62. The lowest BCUT2D eigenvalue weighted by atomic mass is 9.88. The second kappa shape index (κ2) is 7.71. The van der Waals surface area contributed by atoms with Crippen LogP contribution in [0.2, 0.25) is 0 Å². The molecule has 2 aliphatic rings. The topological polar surface area (TPSA) is 74.6 Å². The van der Waals surface area contributed by atoms with Gasteiger partial charge >= 0.3 is 6.18 Å². The van der Waals surface area contributed by atoms with Crippen LogP contribution < -0.4 is 10.9 Å². The highest BCUT2D eigenvalue weighted by Gasteiger charge is 2.55. The van der Waals surface area contributed by atoms with Crippen LogP contribution in [0.15, 0.2) is 23.0 Å². The first-order valence-electron chi connectivity index (χ1n) is 9.31. The van der Waals surface area contributed by atoms with Crippen molar-refractivity contribution in [2.75, 3.05) is 19.7 Å². The van der Waals surface area contributed by atoms with Crippen LogP contribution >= 0.6 is 0 Å². The zero-order valence-corrected chi connectivity index (χ0v) is 15.7. The second-order valence-electron chi connectivity index (χ2n) is 7.19. The van der Waals surface area contributed by atoms with Gasteiger partial charge in [0.1, 0.15) is 6.54 Å². The lowest BCUT2D eigenvalue weighted by Gasteiger charge is -2.29. The predicted molar refractivity (Wildman–Crippen MR) is 97.4 cm³/mol. The summed E-state index contributed by atoms with van der Waals surface area (Å²) in [4.78, 5) is 27.1. The minimum absolute atomic E-state index is 0.143. The predicted octanol–water partition coefficient (Wildman–Crippen LogP) is 1.54. The molecule has 1 aromatic rings. The van der Waals surface area contributed by atoms with Crippen molar-refractivity contribution >= 4 is 12.0 Å². The maximum atomic E-state index is 12.7. The fraction of sp³-hybridized carbons (Fsp3) is 0.579. The molecule has 6 nitrogen and oxygen atoms in total. The Morgan fingerprint density at radius 1 is 1.39 bits per heavy atom. The van der Waals surface area contributed by atoms with Crippen molar-refractivity contribution in [3.8, 4) is 0 Å². The molecule has 1 fully saturated rings. The minimum atomic E-state index is -4.50. The number of pyridine rings is 1. The number of hydrogen-bond donors (Lipinski definition) is 2. The SMILES string of the molecule is C/C=C/c1ccc2n(c1=O)C[C@@H]1[C@@H](CO)[C@H](C(=O)NCC(F)(F)F)N(CC)[C@H]21. The van der Waals surface area contributed by atoms with E-state index in [-0.39, 0.29) is 24.1 Å². The van der Waals surface area contributed by atoms with Crippen LogP contribution in [0.4, 0.5) is 13.2 Å². The van der Waals surface area contributed by atoms with Crippen LogP contribution in [0.1, 0.15) is 31.1 Å². The van der Waals surface area contributed by atoms with Crippen LogP contribution in [0.25, 0.3) is 6.08 Å². The van der Waals surface area contributed by atoms with Gasteiger partial charge in [-0.3, -0.25) is 14.5 Å². The second-order valence-corrected chi connectivity index (χ2v) is 7.19.